The first-order chi connectivity index (χ1) is 42.4. The van der Waals surface area contributed by atoms with Crippen molar-refractivity contribution in [2.45, 2.75) is 135 Å². The fourth-order valence-corrected chi connectivity index (χ4v) is 16.9. The van der Waals surface area contributed by atoms with E-state index in [9.17, 15) is 39.6 Å². The average Bonchev–Trinajstić information content (AvgIpc) is 1.37. The third kappa shape index (κ3) is 14.8. The van der Waals surface area contributed by atoms with E-state index < -0.39 is 30.1 Å². The number of nitrogens with zero attached hydrogens (tertiary/aromatic N) is 15. The lowest BCUT2D eigenvalue weighted by Crippen LogP contribution is -2.41. The second-order valence-corrected chi connectivity index (χ2v) is 32.5. The number of piperidine rings is 1. The lowest BCUT2D eigenvalue weighted by molar-refractivity contribution is 0.281. The number of rotatable bonds is 21. The van der Waals surface area contributed by atoms with Crippen molar-refractivity contribution in [1.29, 1.82) is 0 Å². The van der Waals surface area contributed by atoms with E-state index in [1.165, 1.54) is 21.0 Å². The number of fused-ring (bicyclic) bond motifs is 3. The molecule has 27 nitrogen and oxygen atoms in total. The number of nitrogens with one attached hydrogen (secondary N) is 3. The quantitative estimate of drug-likeness (QED) is 0.0674. The highest BCUT2D eigenvalue weighted by Crippen LogP contribution is 2.42. The highest BCUT2D eigenvalue weighted by molar-refractivity contribution is 7.90. The van der Waals surface area contributed by atoms with Crippen LogP contribution in [0, 0.1) is 35.5 Å². The molecule has 6 aromatic rings. The second kappa shape index (κ2) is 26.7. The topological polar surface area (TPSA) is 330 Å². The minimum atomic E-state index is -3.18. The molecular formula is C56H77Cl3N18O9S3. The predicted octanol–water partition coefficient (Wildman–Crippen LogP) is 6.22. The Kier molecular flexibility index (Phi) is 19.6. The molecule has 9 heterocycles. The molecule has 7 aliphatic rings. The van der Waals surface area contributed by atoms with Crippen LogP contribution in [-0.2, 0) is 30.1 Å². The lowest BCUT2D eigenvalue weighted by atomic mass is 9.98. The maximum atomic E-state index is 13.3. The molecule has 0 unspecified atom stereocenters. The predicted molar refractivity (Wildman–Crippen MR) is 342 cm³/mol. The van der Waals surface area contributed by atoms with E-state index in [1.807, 2.05) is 20.8 Å². The van der Waals surface area contributed by atoms with Crippen LogP contribution >= 0.6 is 34.8 Å². The van der Waals surface area contributed by atoms with Gasteiger partial charge >= 0.3 is 0 Å². The van der Waals surface area contributed by atoms with Gasteiger partial charge in [0.25, 0.3) is 16.7 Å². The highest BCUT2D eigenvalue weighted by atomic mass is 35.5. The van der Waals surface area contributed by atoms with Crippen molar-refractivity contribution in [3.8, 4) is 0 Å². The Hall–Kier alpha value is -5.34. The summed E-state index contributed by atoms with van der Waals surface area (Å²) in [6.45, 7) is 14.0. The number of hydrogen-bond acceptors (Lipinski definition) is 21. The van der Waals surface area contributed by atoms with Gasteiger partial charge in [0.15, 0.2) is 34.4 Å². The third-order valence-corrected chi connectivity index (χ3v) is 25.2. The van der Waals surface area contributed by atoms with Crippen LogP contribution in [0.4, 0.5) is 17.5 Å². The SMILES string of the molecule is CCS(=O)(=O)N1CC[C@@H](CNc2nc3cnc(Cl)nc3n([C@@H](C)C3CC3)c2=O)C1.CCS(=O)(=O)N1CC[C@H](CNc2nc3cnc(Cl)nc3n([C@@H](C)C3CC3)c2=O)C1.C[C@@H](C1CC1)n1c(=O)c(NCC2CCN(S(=O)(=O)C3CC3)CC2)nc2cnc(Cl)nc21. The fourth-order valence-electron chi connectivity index (χ4n) is 12.3. The molecule has 0 aromatic carbocycles. The van der Waals surface area contributed by atoms with Gasteiger partial charge in [0.1, 0.15) is 16.6 Å². The van der Waals surface area contributed by atoms with E-state index in [-0.39, 0.29) is 90.9 Å². The van der Waals surface area contributed by atoms with Crippen molar-refractivity contribution in [2.24, 2.45) is 35.5 Å². The summed E-state index contributed by atoms with van der Waals surface area (Å²) in [4.78, 5) is 77.7. The molecule has 5 atom stereocenters. The van der Waals surface area contributed by atoms with Gasteiger partial charge < -0.3 is 16.0 Å². The summed E-state index contributed by atoms with van der Waals surface area (Å²) in [6, 6.07) is 0.00718. The normalized spacial score (nSPS) is 21.7. The van der Waals surface area contributed by atoms with Crippen molar-refractivity contribution >= 4 is 116 Å². The molecule has 0 amide bonds. The van der Waals surface area contributed by atoms with Crippen LogP contribution in [-0.4, -0.2) is 172 Å². The van der Waals surface area contributed by atoms with E-state index in [0.717, 1.165) is 77.0 Å². The van der Waals surface area contributed by atoms with Gasteiger partial charge in [-0.15, -0.1) is 0 Å². The Balaban J connectivity index is 0.000000138. The number of sulfonamides is 3. The Morgan fingerprint density at radius 1 is 0.449 bits per heavy atom. The average molecular weight is 1350 g/mol. The molecule has 7 fully saturated rings. The van der Waals surface area contributed by atoms with Crippen molar-refractivity contribution in [3.05, 3.63) is 65.5 Å². The summed E-state index contributed by atoms with van der Waals surface area (Å²) >= 11 is 17.9. The Morgan fingerprint density at radius 2 is 0.753 bits per heavy atom. The van der Waals surface area contributed by atoms with Crippen LogP contribution in [0.3, 0.4) is 0 Å². The van der Waals surface area contributed by atoms with Gasteiger partial charge in [-0.25, -0.2) is 68.1 Å². The molecule has 0 bridgehead atoms. The van der Waals surface area contributed by atoms with Gasteiger partial charge in [-0.2, -0.15) is 15.0 Å². The Labute approximate surface area is 531 Å². The molecule has 6 aromatic heterocycles. The molecule has 3 saturated heterocycles. The van der Waals surface area contributed by atoms with E-state index >= 15 is 0 Å². The summed E-state index contributed by atoms with van der Waals surface area (Å²) < 4.78 is 82.8. The second-order valence-electron chi connectivity index (χ2n) is 24.7. The van der Waals surface area contributed by atoms with Crippen LogP contribution in [0.15, 0.2) is 33.0 Å². The van der Waals surface area contributed by atoms with E-state index in [4.69, 9.17) is 34.8 Å². The largest absolute Gasteiger partial charge is 0.365 e. The number of aromatic nitrogens is 12. The highest BCUT2D eigenvalue weighted by Gasteiger charge is 2.42. The Bertz CT molecular complexity index is 3990. The van der Waals surface area contributed by atoms with Crippen LogP contribution < -0.4 is 32.6 Å². The minimum absolute atomic E-state index is 0.00353. The van der Waals surface area contributed by atoms with Crippen LogP contribution in [0.25, 0.3) is 33.5 Å². The molecule has 4 saturated carbocycles. The van der Waals surface area contributed by atoms with Gasteiger partial charge in [0.2, 0.25) is 45.9 Å². The molecule has 13 rings (SSSR count). The van der Waals surface area contributed by atoms with Crippen molar-refractivity contribution in [2.75, 3.05) is 86.4 Å². The van der Waals surface area contributed by atoms with Gasteiger partial charge in [0.05, 0.1) is 35.3 Å². The Morgan fingerprint density at radius 3 is 1.06 bits per heavy atom. The van der Waals surface area contributed by atoms with Crippen LogP contribution in [0.5, 0.6) is 0 Å². The molecular weight excluding hydrogens is 1270 g/mol. The van der Waals surface area contributed by atoms with E-state index in [2.05, 4.69) is 60.8 Å². The molecule has 4 aliphatic carbocycles. The molecule has 484 valence electrons. The standard InChI is InChI=1S/C20H27ClN6O3S.2C18H25ClN6O3S/c1-12(14-2-3-14)27-18-16(11-23-20(21)25-18)24-17(19(27)28)22-10-13-6-8-26(9-7-13)31(29,30)15-4-5-15;2*1-3-29(27,28)24-7-6-12(10-24)8-20-15-17(26)25(11(2)13-4-5-13)16-14(22-15)9-21-18(19)23-16/h11-15H,2-10H2,1H3,(H,22,24);2*9,11-13H,3-8,10H2,1-2H3,(H,20,22)/t12-;11-,12+;11-,12-/m000/s1. The molecule has 3 N–H and O–H groups in total. The molecule has 33 heteroatoms. The first kappa shape index (κ1) is 65.2. The van der Waals surface area contributed by atoms with Crippen LogP contribution in [0.1, 0.15) is 130 Å². The summed E-state index contributed by atoms with van der Waals surface area (Å²) in [6.07, 6.45) is 15.8. The molecule has 3 aliphatic heterocycles. The monoisotopic (exact) mass is 1350 g/mol. The lowest BCUT2D eigenvalue weighted by Gasteiger charge is -2.31. The zero-order valence-corrected chi connectivity index (χ0v) is 55.2. The van der Waals surface area contributed by atoms with Crippen molar-refractivity contribution in [3.63, 3.8) is 0 Å². The summed E-state index contributed by atoms with van der Waals surface area (Å²) in [7, 11) is -9.47. The van der Waals surface area contributed by atoms with Crippen molar-refractivity contribution in [1.82, 2.24) is 71.5 Å². The van der Waals surface area contributed by atoms with Crippen LogP contribution in [0.2, 0.25) is 15.9 Å². The summed E-state index contributed by atoms with van der Waals surface area (Å²) in [5.74, 6) is 2.88. The number of hydrogen-bond donors (Lipinski definition) is 3. The van der Waals surface area contributed by atoms with E-state index in [1.54, 1.807) is 38.1 Å². The summed E-state index contributed by atoms with van der Waals surface area (Å²) in [5, 5.41) is 9.64. The van der Waals surface area contributed by atoms with E-state index in [0.29, 0.717) is 122 Å². The maximum Gasteiger partial charge on any atom is 0.295 e. The first-order valence-corrected chi connectivity index (χ1v) is 36.8. The van der Waals surface area contributed by atoms with Crippen molar-refractivity contribution < 1.29 is 25.3 Å². The summed E-state index contributed by atoms with van der Waals surface area (Å²) in [5.41, 5.74) is 2.23. The zero-order valence-electron chi connectivity index (χ0n) is 50.5. The zero-order chi connectivity index (χ0) is 63.3. The molecule has 0 spiro atoms. The number of halogens is 3. The smallest absolute Gasteiger partial charge is 0.295 e. The number of anilines is 3. The third-order valence-electron chi connectivity index (χ3n) is 18.5. The van der Waals surface area contributed by atoms with Gasteiger partial charge in [-0.05, 0) is 182 Å². The van der Waals surface area contributed by atoms with Gasteiger partial charge in [0, 0.05) is 77.0 Å². The maximum absolute atomic E-state index is 13.3. The van der Waals surface area contributed by atoms with Gasteiger partial charge in [-0.1, -0.05) is 0 Å². The van der Waals surface area contributed by atoms with Gasteiger partial charge in [-0.3, -0.25) is 28.1 Å². The molecule has 89 heavy (non-hydrogen) atoms. The molecule has 0 radical (unpaired) electrons. The first-order valence-electron chi connectivity index (χ1n) is 30.9. The fraction of sp³-hybridized carbons (Fsp3) is 0.679. The minimum Gasteiger partial charge on any atom is -0.365 e.